The van der Waals surface area contributed by atoms with Crippen molar-refractivity contribution in [1.82, 2.24) is 9.97 Å². The third kappa shape index (κ3) is 3.38. The average Bonchev–Trinajstić information content (AvgIpc) is 2.42. The summed E-state index contributed by atoms with van der Waals surface area (Å²) in [6.45, 7) is 4.21. The molecule has 0 fully saturated rings. The zero-order chi connectivity index (χ0) is 13.8. The van der Waals surface area contributed by atoms with E-state index >= 15 is 0 Å². The minimum absolute atomic E-state index is 0.748. The molecule has 0 saturated heterocycles. The van der Waals surface area contributed by atoms with Crippen molar-refractivity contribution < 1.29 is 0 Å². The molecule has 0 atom stereocenters. The van der Waals surface area contributed by atoms with Crippen LogP contribution in [0.25, 0.3) is 0 Å². The van der Waals surface area contributed by atoms with Crippen LogP contribution in [0.15, 0.2) is 29.4 Å². The predicted molar refractivity (Wildman–Crippen MR) is 82.6 cm³/mol. The van der Waals surface area contributed by atoms with Gasteiger partial charge in [-0.2, -0.15) is 0 Å². The Kier molecular flexibility index (Phi) is 4.27. The summed E-state index contributed by atoms with van der Waals surface area (Å²) in [6, 6.07) is 8.18. The van der Waals surface area contributed by atoms with E-state index in [1.165, 1.54) is 22.9 Å². The maximum Gasteiger partial charge on any atom is 0.191 e. The van der Waals surface area contributed by atoms with Crippen molar-refractivity contribution in [2.24, 2.45) is 0 Å². The second-order valence-electron chi connectivity index (χ2n) is 4.30. The van der Waals surface area contributed by atoms with Crippen LogP contribution >= 0.6 is 11.8 Å². The molecule has 2 aromatic rings. The molecule has 0 spiro atoms. The van der Waals surface area contributed by atoms with Crippen LogP contribution in [0, 0.1) is 13.8 Å². The van der Waals surface area contributed by atoms with Crippen LogP contribution in [-0.4, -0.2) is 23.3 Å². The molecule has 1 heterocycles. The Labute approximate surface area is 118 Å². The summed E-state index contributed by atoms with van der Waals surface area (Å²) in [4.78, 5) is 8.79. The highest BCUT2D eigenvalue weighted by Gasteiger charge is 2.04. The number of aryl methyl sites for hydroxylation is 2. The van der Waals surface area contributed by atoms with E-state index in [1.807, 2.05) is 19.4 Å². The van der Waals surface area contributed by atoms with Gasteiger partial charge in [-0.05, 0) is 43.4 Å². The highest BCUT2D eigenvalue weighted by atomic mass is 32.2. The first-order chi connectivity index (χ1) is 9.12. The van der Waals surface area contributed by atoms with E-state index in [2.05, 4.69) is 52.6 Å². The third-order valence-corrected chi connectivity index (χ3v) is 3.47. The van der Waals surface area contributed by atoms with Gasteiger partial charge in [0.05, 0.1) is 0 Å². The maximum atomic E-state index is 4.45. The summed E-state index contributed by atoms with van der Waals surface area (Å²) >= 11 is 1.53. The van der Waals surface area contributed by atoms with Gasteiger partial charge in [-0.1, -0.05) is 17.8 Å². The lowest BCUT2D eigenvalue weighted by molar-refractivity contribution is 0.977. The minimum Gasteiger partial charge on any atom is -0.373 e. The normalized spacial score (nSPS) is 10.3. The predicted octanol–water partition coefficient (Wildman–Crippen LogP) is 3.60. The number of anilines is 3. The Balaban J connectivity index is 2.29. The molecule has 100 valence electrons. The molecule has 4 nitrogen and oxygen atoms in total. The number of benzene rings is 1. The minimum atomic E-state index is 0.748. The zero-order valence-corrected chi connectivity index (χ0v) is 12.4. The molecule has 0 aliphatic heterocycles. The van der Waals surface area contributed by atoms with Crippen molar-refractivity contribution in [3.63, 3.8) is 0 Å². The summed E-state index contributed by atoms with van der Waals surface area (Å²) in [5.41, 5.74) is 3.59. The van der Waals surface area contributed by atoms with Crippen molar-refractivity contribution in [3.8, 4) is 0 Å². The lowest BCUT2D eigenvalue weighted by Crippen LogP contribution is -2.00. The van der Waals surface area contributed by atoms with Gasteiger partial charge in [-0.3, -0.25) is 0 Å². The summed E-state index contributed by atoms with van der Waals surface area (Å²) in [5.74, 6) is 1.61. The first kappa shape index (κ1) is 13.7. The summed E-state index contributed by atoms with van der Waals surface area (Å²) in [5, 5.41) is 7.11. The van der Waals surface area contributed by atoms with Gasteiger partial charge in [0.2, 0.25) is 0 Å². The van der Waals surface area contributed by atoms with Crippen molar-refractivity contribution in [1.29, 1.82) is 0 Å². The van der Waals surface area contributed by atoms with Crippen molar-refractivity contribution in [2.75, 3.05) is 23.9 Å². The van der Waals surface area contributed by atoms with E-state index < -0.39 is 0 Å². The van der Waals surface area contributed by atoms with Gasteiger partial charge in [0.1, 0.15) is 11.6 Å². The molecule has 2 N–H and O–H groups in total. The molecule has 0 aliphatic rings. The molecule has 1 aromatic carbocycles. The van der Waals surface area contributed by atoms with Gasteiger partial charge in [-0.25, -0.2) is 9.97 Å². The summed E-state index contributed by atoms with van der Waals surface area (Å²) in [7, 11) is 1.85. The summed E-state index contributed by atoms with van der Waals surface area (Å²) < 4.78 is 0. The SMILES string of the molecule is CNc1cc(Nc2ccc(C)c(C)c2)nc(SC)n1. The Morgan fingerprint density at radius 3 is 2.37 bits per heavy atom. The van der Waals surface area contributed by atoms with E-state index in [4.69, 9.17) is 0 Å². The molecule has 1 aromatic heterocycles. The molecule has 19 heavy (non-hydrogen) atoms. The Hall–Kier alpha value is -1.75. The molecular formula is C14H18N4S. The molecule has 0 saturated carbocycles. The number of rotatable bonds is 4. The van der Waals surface area contributed by atoms with E-state index in [0.29, 0.717) is 0 Å². The molecule has 2 rings (SSSR count). The highest BCUT2D eigenvalue weighted by molar-refractivity contribution is 7.98. The maximum absolute atomic E-state index is 4.45. The molecule has 0 bridgehead atoms. The fourth-order valence-electron chi connectivity index (χ4n) is 1.68. The standard InChI is InChI=1S/C14H18N4S/c1-9-5-6-11(7-10(9)2)16-13-8-12(15-3)17-14(18-13)19-4/h5-8H,1-4H3,(H2,15,16,17,18). The number of nitrogens with zero attached hydrogens (tertiary/aromatic N) is 2. The van der Waals surface area contributed by atoms with Crippen molar-refractivity contribution in [2.45, 2.75) is 19.0 Å². The van der Waals surface area contributed by atoms with Crippen LogP contribution in [-0.2, 0) is 0 Å². The zero-order valence-electron chi connectivity index (χ0n) is 11.6. The van der Waals surface area contributed by atoms with Crippen LogP contribution in [0.4, 0.5) is 17.3 Å². The second-order valence-corrected chi connectivity index (χ2v) is 5.07. The molecule has 5 heteroatoms. The van der Waals surface area contributed by atoms with Gasteiger partial charge in [0.25, 0.3) is 0 Å². The lowest BCUT2D eigenvalue weighted by Gasteiger charge is -2.10. The largest absolute Gasteiger partial charge is 0.373 e. The Bertz CT molecular complexity index is 561. The Morgan fingerprint density at radius 1 is 1.00 bits per heavy atom. The Morgan fingerprint density at radius 2 is 1.74 bits per heavy atom. The molecular weight excluding hydrogens is 256 g/mol. The van der Waals surface area contributed by atoms with Crippen LogP contribution in [0.5, 0.6) is 0 Å². The van der Waals surface area contributed by atoms with Gasteiger partial charge < -0.3 is 10.6 Å². The van der Waals surface area contributed by atoms with Gasteiger partial charge in [-0.15, -0.1) is 0 Å². The quantitative estimate of drug-likeness (QED) is 0.659. The fourth-order valence-corrected chi connectivity index (χ4v) is 2.05. The van der Waals surface area contributed by atoms with Gasteiger partial charge >= 0.3 is 0 Å². The highest BCUT2D eigenvalue weighted by Crippen LogP contribution is 2.22. The number of nitrogens with one attached hydrogen (secondary N) is 2. The average molecular weight is 274 g/mol. The molecule has 0 aliphatic carbocycles. The first-order valence-corrected chi connectivity index (χ1v) is 7.30. The summed E-state index contributed by atoms with van der Waals surface area (Å²) in [6.07, 6.45) is 1.97. The van der Waals surface area contributed by atoms with Crippen LogP contribution < -0.4 is 10.6 Å². The monoisotopic (exact) mass is 274 g/mol. The van der Waals surface area contributed by atoms with Crippen LogP contribution in [0.1, 0.15) is 11.1 Å². The number of hydrogen-bond donors (Lipinski definition) is 2. The van der Waals surface area contributed by atoms with Crippen molar-refractivity contribution >= 4 is 29.1 Å². The fraction of sp³-hybridized carbons (Fsp3) is 0.286. The number of thioether (sulfide) groups is 1. The lowest BCUT2D eigenvalue weighted by atomic mass is 10.1. The molecule has 0 amide bonds. The van der Waals surface area contributed by atoms with Crippen LogP contribution in [0.2, 0.25) is 0 Å². The van der Waals surface area contributed by atoms with Gasteiger partial charge in [0, 0.05) is 18.8 Å². The molecule has 0 radical (unpaired) electrons. The third-order valence-electron chi connectivity index (χ3n) is 2.92. The van der Waals surface area contributed by atoms with Crippen molar-refractivity contribution in [3.05, 3.63) is 35.4 Å². The topological polar surface area (TPSA) is 49.8 Å². The van der Waals surface area contributed by atoms with E-state index in [-0.39, 0.29) is 0 Å². The van der Waals surface area contributed by atoms with E-state index in [1.54, 1.807) is 0 Å². The number of aromatic nitrogens is 2. The van der Waals surface area contributed by atoms with Crippen LogP contribution in [0.3, 0.4) is 0 Å². The smallest absolute Gasteiger partial charge is 0.191 e. The second kappa shape index (κ2) is 5.93. The first-order valence-electron chi connectivity index (χ1n) is 6.07. The van der Waals surface area contributed by atoms with E-state index in [9.17, 15) is 0 Å². The molecule has 0 unspecified atom stereocenters. The van der Waals surface area contributed by atoms with E-state index in [0.717, 1.165) is 22.5 Å². The number of hydrogen-bond acceptors (Lipinski definition) is 5. The van der Waals surface area contributed by atoms with Gasteiger partial charge in [0.15, 0.2) is 5.16 Å².